The van der Waals surface area contributed by atoms with E-state index in [1.165, 1.54) is 0 Å². The highest BCUT2D eigenvalue weighted by atomic mass is 16.5. The van der Waals surface area contributed by atoms with E-state index in [9.17, 15) is 0 Å². The Kier molecular flexibility index (Phi) is 4.10. The molecule has 0 heterocycles. The molecule has 2 nitrogen and oxygen atoms in total. The summed E-state index contributed by atoms with van der Waals surface area (Å²) in [5.74, 6) is 1.72. The molecule has 110 valence electrons. The molecular formula is C20H18O2. The van der Waals surface area contributed by atoms with E-state index in [0.717, 1.165) is 33.4 Å². The smallest absolute Gasteiger partial charge is 0.126 e. The standard InChI is InChI=1S/C20H18O2/c1-21-19-10-6-9-16-14-20(22-2)17(13-18(16)19)12-11-15-7-4-3-5-8-15/h3-14H,1-2H3/b12-11-. The average Bonchev–Trinajstić information content (AvgIpc) is 2.59. The van der Waals surface area contributed by atoms with Gasteiger partial charge in [0.25, 0.3) is 0 Å². The van der Waals surface area contributed by atoms with Gasteiger partial charge in [0.2, 0.25) is 0 Å². The van der Waals surface area contributed by atoms with Crippen molar-refractivity contribution in [2.45, 2.75) is 0 Å². The summed E-state index contributed by atoms with van der Waals surface area (Å²) in [5.41, 5.74) is 2.19. The molecule has 0 N–H and O–H groups in total. The van der Waals surface area contributed by atoms with Crippen molar-refractivity contribution in [3.63, 3.8) is 0 Å². The Morgan fingerprint density at radius 3 is 2.23 bits per heavy atom. The molecule has 0 aliphatic heterocycles. The molecule has 0 unspecified atom stereocenters. The monoisotopic (exact) mass is 290 g/mol. The van der Waals surface area contributed by atoms with Crippen molar-refractivity contribution in [3.05, 3.63) is 71.8 Å². The lowest BCUT2D eigenvalue weighted by atomic mass is 10.0. The van der Waals surface area contributed by atoms with Gasteiger partial charge in [0.05, 0.1) is 14.2 Å². The fraction of sp³-hybridized carbons (Fsp3) is 0.100. The third-order valence-corrected chi connectivity index (χ3v) is 3.67. The normalized spacial score (nSPS) is 11.0. The molecular weight excluding hydrogens is 272 g/mol. The summed E-state index contributed by atoms with van der Waals surface area (Å²) in [5, 5.41) is 2.19. The van der Waals surface area contributed by atoms with Gasteiger partial charge in [-0.25, -0.2) is 0 Å². The van der Waals surface area contributed by atoms with Crippen LogP contribution in [0.1, 0.15) is 11.1 Å². The summed E-state index contributed by atoms with van der Waals surface area (Å²) >= 11 is 0. The van der Waals surface area contributed by atoms with Gasteiger partial charge in [0, 0.05) is 10.9 Å². The van der Waals surface area contributed by atoms with Crippen LogP contribution in [-0.2, 0) is 0 Å². The molecule has 3 aromatic carbocycles. The lowest BCUT2D eigenvalue weighted by molar-refractivity contribution is 0.413. The maximum absolute atomic E-state index is 5.52. The molecule has 3 aromatic rings. The quantitative estimate of drug-likeness (QED) is 0.628. The third kappa shape index (κ3) is 2.82. The van der Waals surface area contributed by atoms with Crippen molar-refractivity contribution in [3.8, 4) is 11.5 Å². The number of methoxy groups -OCH3 is 2. The number of hydrogen-bond donors (Lipinski definition) is 0. The van der Waals surface area contributed by atoms with Crippen molar-refractivity contribution in [1.29, 1.82) is 0 Å². The zero-order valence-corrected chi connectivity index (χ0v) is 12.7. The second-order valence-corrected chi connectivity index (χ2v) is 5.02. The molecule has 22 heavy (non-hydrogen) atoms. The maximum Gasteiger partial charge on any atom is 0.126 e. The van der Waals surface area contributed by atoms with Crippen LogP contribution in [0.2, 0.25) is 0 Å². The minimum atomic E-state index is 0.855. The van der Waals surface area contributed by atoms with Gasteiger partial charge in [-0.3, -0.25) is 0 Å². The Balaban J connectivity index is 2.09. The molecule has 0 aliphatic carbocycles. The molecule has 3 rings (SSSR count). The van der Waals surface area contributed by atoms with E-state index in [-0.39, 0.29) is 0 Å². The summed E-state index contributed by atoms with van der Waals surface area (Å²) in [7, 11) is 3.39. The Hall–Kier alpha value is -2.74. The van der Waals surface area contributed by atoms with Crippen molar-refractivity contribution >= 4 is 22.9 Å². The second kappa shape index (κ2) is 6.35. The summed E-state index contributed by atoms with van der Waals surface area (Å²) in [6, 6.07) is 20.4. The van der Waals surface area contributed by atoms with Crippen LogP contribution >= 0.6 is 0 Å². The minimum absolute atomic E-state index is 0.855. The second-order valence-electron chi connectivity index (χ2n) is 5.02. The van der Waals surface area contributed by atoms with Crippen LogP contribution in [0.5, 0.6) is 11.5 Å². The zero-order valence-electron chi connectivity index (χ0n) is 12.7. The first kappa shape index (κ1) is 14.2. The highest BCUT2D eigenvalue weighted by Crippen LogP contribution is 2.32. The molecule has 0 spiro atoms. The first-order valence-corrected chi connectivity index (χ1v) is 7.19. The summed E-state index contributed by atoms with van der Waals surface area (Å²) in [6.45, 7) is 0. The van der Waals surface area contributed by atoms with E-state index >= 15 is 0 Å². The van der Waals surface area contributed by atoms with E-state index in [0.29, 0.717) is 0 Å². The van der Waals surface area contributed by atoms with Crippen LogP contribution in [0.25, 0.3) is 22.9 Å². The van der Waals surface area contributed by atoms with Gasteiger partial charge >= 0.3 is 0 Å². The van der Waals surface area contributed by atoms with Gasteiger partial charge in [-0.15, -0.1) is 0 Å². The molecule has 0 aromatic heterocycles. The van der Waals surface area contributed by atoms with Crippen LogP contribution in [-0.4, -0.2) is 14.2 Å². The van der Waals surface area contributed by atoms with Gasteiger partial charge in [-0.1, -0.05) is 54.6 Å². The number of ether oxygens (including phenoxy) is 2. The Morgan fingerprint density at radius 1 is 0.727 bits per heavy atom. The maximum atomic E-state index is 5.52. The summed E-state index contributed by atoms with van der Waals surface area (Å²) < 4.78 is 11.0. The van der Waals surface area contributed by atoms with E-state index in [2.05, 4.69) is 36.4 Å². The van der Waals surface area contributed by atoms with E-state index in [4.69, 9.17) is 9.47 Å². The Labute approximate surface area is 130 Å². The molecule has 2 heteroatoms. The molecule has 0 saturated heterocycles. The van der Waals surface area contributed by atoms with Crippen LogP contribution < -0.4 is 9.47 Å². The van der Waals surface area contributed by atoms with E-state index in [1.54, 1.807) is 14.2 Å². The largest absolute Gasteiger partial charge is 0.496 e. The number of benzene rings is 3. The third-order valence-electron chi connectivity index (χ3n) is 3.67. The molecule has 0 amide bonds. The van der Waals surface area contributed by atoms with Crippen molar-refractivity contribution in [2.24, 2.45) is 0 Å². The lowest BCUT2D eigenvalue weighted by Crippen LogP contribution is -1.90. The van der Waals surface area contributed by atoms with Crippen molar-refractivity contribution < 1.29 is 9.47 Å². The predicted molar refractivity (Wildman–Crippen MR) is 92.4 cm³/mol. The number of fused-ring (bicyclic) bond motifs is 1. The van der Waals surface area contributed by atoms with Crippen molar-refractivity contribution in [2.75, 3.05) is 14.2 Å². The highest BCUT2D eigenvalue weighted by molar-refractivity contribution is 5.93. The molecule has 0 atom stereocenters. The number of rotatable bonds is 4. The molecule has 0 radical (unpaired) electrons. The SMILES string of the molecule is COc1cc2cccc(OC)c2cc1/C=C\c1ccccc1. The first-order valence-electron chi connectivity index (χ1n) is 7.19. The highest BCUT2D eigenvalue weighted by Gasteiger charge is 2.06. The molecule has 0 aliphatic rings. The number of hydrogen-bond acceptors (Lipinski definition) is 2. The van der Waals surface area contributed by atoms with Crippen LogP contribution in [0.15, 0.2) is 60.7 Å². The zero-order chi connectivity index (χ0) is 15.4. The Bertz CT molecular complexity index is 805. The van der Waals surface area contributed by atoms with Gasteiger partial charge in [-0.2, -0.15) is 0 Å². The van der Waals surface area contributed by atoms with Gasteiger partial charge in [0.15, 0.2) is 0 Å². The van der Waals surface area contributed by atoms with Crippen LogP contribution in [0.4, 0.5) is 0 Å². The summed E-state index contributed by atoms with van der Waals surface area (Å²) in [6.07, 6.45) is 4.15. The fourth-order valence-corrected chi connectivity index (χ4v) is 2.53. The van der Waals surface area contributed by atoms with Gasteiger partial charge in [-0.05, 0) is 29.1 Å². The summed E-state index contributed by atoms with van der Waals surface area (Å²) in [4.78, 5) is 0. The van der Waals surface area contributed by atoms with Gasteiger partial charge < -0.3 is 9.47 Å². The first-order chi connectivity index (χ1) is 10.8. The molecule has 0 fully saturated rings. The van der Waals surface area contributed by atoms with Gasteiger partial charge in [0.1, 0.15) is 11.5 Å². The van der Waals surface area contributed by atoms with Crippen LogP contribution in [0, 0.1) is 0 Å². The van der Waals surface area contributed by atoms with E-state index < -0.39 is 0 Å². The Morgan fingerprint density at radius 2 is 1.50 bits per heavy atom. The molecule has 0 saturated carbocycles. The lowest BCUT2D eigenvalue weighted by Gasteiger charge is -2.10. The minimum Gasteiger partial charge on any atom is -0.496 e. The van der Waals surface area contributed by atoms with Crippen LogP contribution in [0.3, 0.4) is 0 Å². The average molecular weight is 290 g/mol. The van der Waals surface area contributed by atoms with Crippen molar-refractivity contribution in [1.82, 2.24) is 0 Å². The predicted octanol–water partition coefficient (Wildman–Crippen LogP) is 5.03. The fourth-order valence-electron chi connectivity index (χ4n) is 2.53. The topological polar surface area (TPSA) is 18.5 Å². The molecule has 0 bridgehead atoms. The van der Waals surface area contributed by atoms with E-state index in [1.807, 2.05) is 36.4 Å².